The molecule has 1 aromatic rings. The van der Waals surface area contributed by atoms with Gasteiger partial charge in [-0.25, -0.2) is 0 Å². The van der Waals surface area contributed by atoms with Crippen LogP contribution >= 0.6 is 0 Å². The van der Waals surface area contributed by atoms with Crippen LogP contribution in [0.1, 0.15) is 38.2 Å². The van der Waals surface area contributed by atoms with Gasteiger partial charge in [0.2, 0.25) is 0 Å². The molecule has 0 bridgehead atoms. The molecule has 1 aliphatic carbocycles. The van der Waals surface area contributed by atoms with Crippen molar-refractivity contribution in [1.29, 1.82) is 0 Å². The topological polar surface area (TPSA) is 26.3 Å². The van der Waals surface area contributed by atoms with Crippen LogP contribution in [0.4, 0.5) is 0 Å². The van der Waals surface area contributed by atoms with E-state index in [9.17, 15) is 4.79 Å². The Balaban J connectivity index is 2.31. The first-order chi connectivity index (χ1) is 8.74. The standard InChI is InChI=1S/C16H20O2/c1-3-13-7-5-9-16(17)15(13)11-12-6-4-8-14(10-12)18-2/h4,6,8,10-11,13H,3,5,7,9H2,1-2H3. The molecule has 0 aromatic heterocycles. The Morgan fingerprint density at radius 2 is 2.28 bits per heavy atom. The number of ether oxygens (including phenoxy) is 1. The molecule has 0 amide bonds. The molecule has 0 heterocycles. The molecule has 2 heteroatoms. The third kappa shape index (κ3) is 2.81. The van der Waals surface area contributed by atoms with Crippen molar-refractivity contribution in [2.24, 2.45) is 5.92 Å². The molecule has 1 aliphatic rings. The fourth-order valence-electron chi connectivity index (χ4n) is 2.57. The fraction of sp³-hybridized carbons (Fsp3) is 0.438. The Bertz CT molecular complexity index is 460. The van der Waals surface area contributed by atoms with Crippen LogP contribution in [-0.4, -0.2) is 12.9 Å². The lowest BCUT2D eigenvalue weighted by Crippen LogP contribution is -2.18. The number of Topliss-reactive ketones (excluding diaryl/α,β-unsaturated/α-hetero) is 1. The van der Waals surface area contributed by atoms with Crippen LogP contribution in [-0.2, 0) is 4.79 Å². The Hall–Kier alpha value is -1.57. The van der Waals surface area contributed by atoms with Gasteiger partial charge in [0.25, 0.3) is 0 Å². The van der Waals surface area contributed by atoms with Crippen molar-refractivity contribution >= 4 is 11.9 Å². The number of ketones is 1. The zero-order valence-electron chi connectivity index (χ0n) is 11.1. The van der Waals surface area contributed by atoms with Crippen LogP contribution in [0.5, 0.6) is 5.75 Å². The van der Waals surface area contributed by atoms with Crippen LogP contribution < -0.4 is 4.74 Å². The average molecular weight is 244 g/mol. The first kappa shape index (κ1) is 12.9. The number of carbonyl (C=O) groups excluding carboxylic acids is 1. The number of carbonyl (C=O) groups is 1. The largest absolute Gasteiger partial charge is 0.497 e. The first-order valence-corrected chi connectivity index (χ1v) is 6.63. The second kappa shape index (κ2) is 5.85. The number of hydrogen-bond donors (Lipinski definition) is 0. The minimum atomic E-state index is 0.316. The van der Waals surface area contributed by atoms with Gasteiger partial charge in [0.1, 0.15) is 5.75 Å². The lowest BCUT2D eigenvalue weighted by Gasteiger charge is -2.23. The summed E-state index contributed by atoms with van der Waals surface area (Å²) in [4.78, 5) is 12.0. The van der Waals surface area contributed by atoms with Gasteiger partial charge in [0.05, 0.1) is 7.11 Å². The average Bonchev–Trinajstić information content (AvgIpc) is 2.41. The molecule has 1 atom stereocenters. The minimum Gasteiger partial charge on any atom is -0.497 e. The van der Waals surface area contributed by atoms with Crippen LogP contribution in [0.25, 0.3) is 6.08 Å². The normalized spacial score (nSPS) is 22.2. The van der Waals surface area contributed by atoms with E-state index in [1.54, 1.807) is 7.11 Å². The SMILES string of the molecule is CCC1CCCC(=O)C1=Cc1cccc(OC)c1. The predicted molar refractivity (Wildman–Crippen MR) is 73.6 cm³/mol. The van der Waals surface area contributed by atoms with Crippen molar-refractivity contribution in [3.63, 3.8) is 0 Å². The highest BCUT2D eigenvalue weighted by molar-refractivity contribution is 6.00. The quantitative estimate of drug-likeness (QED) is 0.755. The minimum absolute atomic E-state index is 0.316. The summed E-state index contributed by atoms with van der Waals surface area (Å²) in [6.45, 7) is 2.16. The molecule has 0 spiro atoms. The van der Waals surface area contributed by atoms with Crippen molar-refractivity contribution in [3.05, 3.63) is 35.4 Å². The summed E-state index contributed by atoms with van der Waals surface area (Å²) < 4.78 is 5.21. The molecule has 0 radical (unpaired) electrons. The van der Waals surface area contributed by atoms with Gasteiger partial charge in [-0.3, -0.25) is 4.79 Å². The summed E-state index contributed by atoms with van der Waals surface area (Å²) in [6.07, 6.45) is 5.96. The molecule has 0 aliphatic heterocycles. The van der Waals surface area contributed by atoms with Gasteiger partial charge in [-0.05, 0) is 54.5 Å². The molecule has 1 saturated carbocycles. The molecule has 18 heavy (non-hydrogen) atoms. The Morgan fingerprint density at radius 3 is 3.00 bits per heavy atom. The summed E-state index contributed by atoms with van der Waals surface area (Å²) in [5.74, 6) is 1.58. The second-order valence-electron chi connectivity index (χ2n) is 4.80. The maximum absolute atomic E-state index is 12.0. The maximum atomic E-state index is 12.0. The van der Waals surface area contributed by atoms with E-state index in [0.717, 1.165) is 36.1 Å². The van der Waals surface area contributed by atoms with Gasteiger partial charge in [-0.2, -0.15) is 0 Å². The molecule has 96 valence electrons. The van der Waals surface area contributed by atoms with E-state index >= 15 is 0 Å². The summed E-state index contributed by atoms with van der Waals surface area (Å²) in [6, 6.07) is 7.87. The first-order valence-electron chi connectivity index (χ1n) is 6.63. The van der Waals surface area contributed by atoms with Crippen molar-refractivity contribution in [2.45, 2.75) is 32.6 Å². The van der Waals surface area contributed by atoms with Gasteiger partial charge >= 0.3 is 0 Å². The molecule has 2 nitrogen and oxygen atoms in total. The summed E-state index contributed by atoms with van der Waals surface area (Å²) in [5, 5.41) is 0. The Kier molecular flexibility index (Phi) is 4.19. The molecule has 2 rings (SSSR count). The monoisotopic (exact) mass is 244 g/mol. The van der Waals surface area contributed by atoms with E-state index < -0.39 is 0 Å². The molecule has 0 N–H and O–H groups in total. The van der Waals surface area contributed by atoms with E-state index in [1.165, 1.54) is 0 Å². The van der Waals surface area contributed by atoms with Crippen molar-refractivity contribution in [1.82, 2.24) is 0 Å². The molecule has 1 aromatic carbocycles. The van der Waals surface area contributed by atoms with Crippen LogP contribution in [0.15, 0.2) is 29.8 Å². The lowest BCUT2D eigenvalue weighted by molar-refractivity contribution is -0.117. The zero-order valence-corrected chi connectivity index (χ0v) is 11.1. The highest BCUT2D eigenvalue weighted by Gasteiger charge is 2.23. The molecular weight excluding hydrogens is 224 g/mol. The summed E-state index contributed by atoms with van der Waals surface area (Å²) in [5.41, 5.74) is 2.05. The van der Waals surface area contributed by atoms with Crippen LogP contribution in [0.3, 0.4) is 0 Å². The molecular formula is C16H20O2. The van der Waals surface area contributed by atoms with Crippen LogP contribution in [0, 0.1) is 5.92 Å². The predicted octanol–water partition coefficient (Wildman–Crippen LogP) is 3.86. The summed E-state index contributed by atoms with van der Waals surface area (Å²) >= 11 is 0. The number of allylic oxidation sites excluding steroid dienone is 1. The lowest BCUT2D eigenvalue weighted by atomic mass is 9.81. The number of rotatable bonds is 3. The van der Waals surface area contributed by atoms with Gasteiger partial charge < -0.3 is 4.74 Å². The van der Waals surface area contributed by atoms with E-state index in [4.69, 9.17) is 4.74 Å². The van der Waals surface area contributed by atoms with Crippen molar-refractivity contribution in [2.75, 3.05) is 7.11 Å². The molecule has 1 fully saturated rings. The van der Waals surface area contributed by atoms with Gasteiger partial charge in [0, 0.05) is 6.42 Å². The fourth-order valence-corrected chi connectivity index (χ4v) is 2.57. The second-order valence-corrected chi connectivity index (χ2v) is 4.80. The molecule has 0 saturated heterocycles. The van der Waals surface area contributed by atoms with E-state index in [2.05, 4.69) is 6.92 Å². The van der Waals surface area contributed by atoms with Crippen molar-refractivity contribution < 1.29 is 9.53 Å². The third-order valence-electron chi connectivity index (χ3n) is 3.63. The highest BCUT2D eigenvalue weighted by atomic mass is 16.5. The zero-order chi connectivity index (χ0) is 13.0. The molecule has 1 unspecified atom stereocenters. The van der Waals surface area contributed by atoms with Crippen molar-refractivity contribution in [3.8, 4) is 5.75 Å². The van der Waals surface area contributed by atoms with Gasteiger partial charge in [0.15, 0.2) is 5.78 Å². The number of hydrogen-bond acceptors (Lipinski definition) is 2. The van der Waals surface area contributed by atoms with Gasteiger partial charge in [-0.15, -0.1) is 0 Å². The van der Waals surface area contributed by atoms with Crippen LogP contribution in [0.2, 0.25) is 0 Å². The number of benzene rings is 1. The van der Waals surface area contributed by atoms with E-state index in [0.29, 0.717) is 18.1 Å². The number of methoxy groups -OCH3 is 1. The Morgan fingerprint density at radius 1 is 1.44 bits per heavy atom. The van der Waals surface area contributed by atoms with E-state index in [1.807, 2.05) is 30.3 Å². The third-order valence-corrected chi connectivity index (χ3v) is 3.63. The summed E-state index contributed by atoms with van der Waals surface area (Å²) in [7, 11) is 1.66. The Labute approximate surface area is 109 Å². The van der Waals surface area contributed by atoms with E-state index in [-0.39, 0.29) is 0 Å². The smallest absolute Gasteiger partial charge is 0.159 e. The van der Waals surface area contributed by atoms with Gasteiger partial charge in [-0.1, -0.05) is 19.1 Å². The maximum Gasteiger partial charge on any atom is 0.159 e. The highest BCUT2D eigenvalue weighted by Crippen LogP contribution is 2.31.